The summed E-state index contributed by atoms with van der Waals surface area (Å²) in [6, 6.07) is 0.577. The van der Waals surface area contributed by atoms with Gasteiger partial charge >= 0.3 is 0 Å². The molecule has 96 valence electrons. The Morgan fingerprint density at radius 3 is 3.24 bits per heavy atom. The van der Waals surface area contributed by atoms with E-state index in [2.05, 4.69) is 34.0 Å². The van der Waals surface area contributed by atoms with E-state index in [4.69, 9.17) is 0 Å². The second kappa shape index (κ2) is 6.17. The zero-order chi connectivity index (χ0) is 12.1. The van der Waals surface area contributed by atoms with Gasteiger partial charge in [0.25, 0.3) is 0 Å². The number of nitrogens with one attached hydrogen (secondary N) is 2. The molecule has 2 rings (SSSR count). The summed E-state index contributed by atoms with van der Waals surface area (Å²) in [4.78, 5) is 9.72. The van der Waals surface area contributed by atoms with Gasteiger partial charge in [-0.1, -0.05) is 6.92 Å². The molecule has 2 atom stereocenters. The standard InChI is InChI=1S/C13H24N4/c1-3-17-6-4-5-12(9-17)11(2)15-8-13-7-14-10-16-13/h7,10-12,15H,3-6,8-9H2,1-2H3,(H,14,16). The van der Waals surface area contributed by atoms with Gasteiger partial charge in [0, 0.05) is 31.0 Å². The molecule has 0 aliphatic carbocycles. The fourth-order valence-corrected chi connectivity index (χ4v) is 2.61. The maximum atomic E-state index is 4.03. The van der Waals surface area contributed by atoms with Gasteiger partial charge in [-0.15, -0.1) is 0 Å². The smallest absolute Gasteiger partial charge is 0.0922 e. The molecular weight excluding hydrogens is 212 g/mol. The monoisotopic (exact) mass is 236 g/mol. The lowest BCUT2D eigenvalue weighted by Gasteiger charge is -2.35. The molecule has 0 bridgehead atoms. The number of imidazole rings is 1. The van der Waals surface area contributed by atoms with E-state index in [1.807, 2.05) is 6.20 Å². The van der Waals surface area contributed by atoms with Crippen molar-refractivity contribution in [3.63, 3.8) is 0 Å². The molecule has 4 heteroatoms. The third kappa shape index (κ3) is 3.54. The largest absolute Gasteiger partial charge is 0.347 e. The number of piperidine rings is 1. The number of aromatic amines is 1. The van der Waals surface area contributed by atoms with E-state index >= 15 is 0 Å². The summed E-state index contributed by atoms with van der Waals surface area (Å²) in [7, 11) is 0. The Labute approximate surface area is 104 Å². The molecule has 2 unspecified atom stereocenters. The average molecular weight is 236 g/mol. The number of H-pyrrole nitrogens is 1. The first-order valence-electron chi connectivity index (χ1n) is 6.72. The molecule has 1 aromatic heterocycles. The van der Waals surface area contributed by atoms with Gasteiger partial charge in [-0.2, -0.15) is 0 Å². The summed E-state index contributed by atoms with van der Waals surface area (Å²) < 4.78 is 0. The van der Waals surface area contributed by atoms with Crippen LogP contribution in [0.5, 0.6) is 0 Å². The lowest BCUT2D eigenvalue weighted by atomic mass is 9.91. The molecule has 2 N–H and O–H groups in total. The average Bonchev–Trinajstić information content (AvgIpc) is 2.89. The molecule has 1 aliphatic rings. The van der Waals surface area contributed by atoms with Crippen LogP contribution in [-0.4, -0.2) is 40.5 Å². The fraction of sp³-hybridized carbons (Fsp3) is 0.769. The minimum absolute atomic E-state index is 0.577. The number of aromatic nitrogens is 2. The Morgan fingerprint density at radius 1 is 1.65 bits per heavy atom. The van der Waals surface area contributed by atoms with Gasteiger partial charge in [0.2, 0.25) is 0 Å². The van der Waals surface area contributed by atoms with Gasteiger partial charge in [0.1, 0.15) is 0 Å². The molecule has 0 amide bonds. The van der Waals surface area contributed by atoms with Gasteiger partial charge in [0.05, 0.1) is 6.33 Å². The van der Waals surface area contributed by atoms with Crippen molar-refractivity contribution in [3.05, 3.63) is 18.2 Å². The summed E-state index contributed by atoms with van der Waals surface area (Å²) in [6.07, 6.45) is 6.32. The minimum Gasteiger partial charge on any atom is -0.347 e. The third-order valence-electron chi connectivity index (χ3n) is 3.87. The van der Waals surface area contributed by atoms with E-state index in [1.165, 1.54) is 38.2 Å². The quantitative estimate of drug-likeness (QED) is 0.816. The molecule has 4 nitrogen and oxygen atoms in total. The number of nitrogens with zero attached hydrogens (tertiary/aromatic N) is 2. The molecule has 17 heavy (non-hydrogen) atoms. The van der Waals surface area contributed by atoms with Crippen molar-refractivity contribution in [1.29, 1.82) is 0 Å². The second-order valence-electron chi connectivity index (χ2n) is 5.04. The highest BCUT2D eigenvalue weighted by atomic mass is 15.1. The Balaban J connectivity index is 1.76. The van der Waals surface area contributed by atoms with E-state index < -0.39 is 0 Å². The molecule has 0 spiro atoms. The molecule has 1 aromatic rings. The summed E-state index contributed by atoms with van der Waals surface area (Å²) >= 11 is 0. The predicted molar refractivity (Wildman–Crippen MR) is 69.7 cm³/mol. The first-order valence-corrected chi connectivity index (χ1v) is 6.72. The molecule has 2 heterocycles. The topological polar surface area (TPSA) is 44.0 Å². The van der Waals surface area contributed by atoms with Crippen LogP contribution in [0.1, 0.15) is 32.4 Å². The summed E-state index contributed by atoms with van der Waals surface area (Å²) in [5.41, 5.74) is 1.17. The van der Waals surface area contributed by atoms with Crippen LogP contribution < -0.4 is 5.32 Å². The molecule has 1 fully saturated rings. The lowest BCUT2D eigenvalue weighted by Crippen LogP contribution is -2.44. The molecule has 1 aliphatic heterocycles. The zero-order valence-corrected chi connectivity index (χ0v) is 10.9. The highest BCUT2D eigenvalue weighted by Crippen LogP contribution is 2.19. The fourth-order valence-electron chi connectivity index (χ4n) is 2.61. The lowest BCUT2D eigenvalue weighted by molar-refractivity contribution is 0.156. The van der Waals surface area contributed by atoms with Crippen molar-refractivity contribution in [2.24, 2.45) is 5.92 Å². The third-order valence-corrected chi connectivity index (χ3v) is 3.87. The van der Waals surface area contributed by atoms with Gasteiger partial charge < -0.3 is 15.2 Å². The number of likely N-dealkylation sites (tertiary alicyclic amines) is 1. The van der Waals surface area contributed by atoms with Crippen LogP contribution in [0.15, 0.2) is 12.5 Å². The van der Waals surface area contributed by atoms with Crippen molar-refractivity contribution >= 4 is 0 Å². The van der Waals surface area contributed by atoms with Crippen LogP contribution in [0.2, 0.25) is 0 Å². The van der Waals surface area contributed by atoms with Crippen LogP contribution in [-0.2, 0) is 6.54 Å². The Morgan fingerprint density at radius 2 is 2.53 bits per heavy atom. The molecule has 1 saturated heterocycles. The van der Waals surface area contributed by atoms with Gasteiger partial charge in [-0.25, -0.2) is 4.98 Å². The molecule has 0 saturated carbocycles. The van der Waals surface area contributed by atoms with E-state index in [0.29, 0.717) is 6.04 Å². The number of hydrogen-bond acceptors (Lipinski definition) is 3. The Hall–Kier alpha value is -0.870. The van der Waals surface area contributed by atoms with Crippen LogP contribution in [0.25, 0.3) is 0 Å². The maximum Gasteiger partial charge on any atom is 0.0922 e. The first kappa shape index (κ1) is 12.6. The van der Waals surface area contributed by atoms with Crippen molar-refractivity contribution in [1.82, 2.24) is 20.2 Å². The second-order valence-corrected chi connectivity index (χ2v) is 5.04. The van der Waals surface area contributed by atoms with Crippen molar-refractivity contribution in [2.45, 2.75) is 39.3 Å². The van der Waals surface area contributed by atoms with Crippen LogP contribution in [0.3, 0.4) is 0 Å². The SMILES string of the molecule is CCN1CCCC(C(C)NCc2cnc[nH]2)C1. The molecule has 0 aromatic carbocycles. The van der Waals surface area contributed by atoms with Crippen molar-refractivity contribution < 1.29 is 0 Å². The van der Waals surface area contributed by atoms with Crippen molar-refractivity contribution in [3.8, 4) is 0 Å². The zero-order valence-electron chi connectivity index (χ0n) is 10.9. The highest BCUT2D eigenvalue weighted by molar-refractivity contribution is 4.94. The minimum atomic E-state index is 0.577. The summed E-state index contributed by atoms with van der Waals surface area (Å²) in [5.74, 6) is 0.784. The summed E-state index contributed by atoms with van der Waals surface area (Å²) in [6.45, 7) is 9.16. The van der Waals surface area contributed by atoms with Gasteiger partial charge in [0.15, 0.2) is 0 Å². The highest BCUT2D eigenvalue weighted by Gasteiger charge is 2.23. The summed E-state index contributed by atoms with van der Waals surface area (Å²) in [5, 5.41) is 3.60. The van der Waals surface area contributed by atoms with Crippen LogP contribution in [0, 0.1) is 5.92 Å². The number of rotatable bonds is 5. The van der Waals surface area contributed by atoms with Crippen LogP contribution >= 0.6 is 0 Å². The van der Waals surface area contributed by atoms with E-state index in [-0.39, 0.29) is 0 Å². The molecule has 0 radical (unpaired) electrons. The normalized spacial score (nSPS) is 23.8. The first-order chi connectivity index (χ1) is 8.29. The van der Waals surface area contributed by atoms with Crippen LogP contribution in [0.4, 0.5) is 0 Å². The number of hydrogen-bond donors (Lipinski definition) is 2. The van der Waals surface area contributed by atoms with E-state index in [9.17, 15) is 0 Å². The van der Waals surface area contributed by atoms with Gasteiger partial charge in [-0.05, 0) is 38.8 Å². The van der Waals surface area contributed by atoms with Gasteiger partial charge in [-0.3, -0.25) is 0 Å². The van der Waals surface area contributed by atoms with Crippen molar-refractivity contribution in [2.75, 3.05) is 19.6 Å². The van der Waals surface area contributed by atoms with E-state index in [0.717, 1.165) is 12.5 Å². The Bertz CT molecular complexity index is 309. The Kier molecular flexibility index (Phi) is 4.57. The maximum absolute atomic E-state index is 4.03. The molecular formula is C13H24N4. The predicted octanol–water partition coefficient (Wildman–Crippen LogP) is 1.62. The van der Waals surface area contributed by atoms with E-state index in [1.54, 1.807) is 6.33 Å².